The van der Waals surface area contributed by atoms with Crippen molar-refractivity contribution in [1.82, 2.24) is 0 Å². The number of hydrogen-bond donors (Lipinski definition) is 0. The van der Waals surface area contributed by atoms with E-state index in [9.17, 15) is 14.4 Å². The van der Waals surface area contributed by atoms with Crippen LogP contribution in [-0.4, -0.2) is 37.2 Å². The highest BCUT2D eigenvalue weighted by Gasteiger charge is 2.19. The van der Waals surface area contributed by atoms with Gasteiger partial charge in [0.1, 0.15) is 13.2 Å². The van der Waals surface area contributed by atoms with Crippen molar-refractivity contribution in [2.45, 2.75) is 304 Å². The van der Waals surface area contributed by atoms with Crippen molar-refractivity contribution in [3.8, 4) is 0 Å². The average Bonchev–Trinajstić information content (AvgIpc) is 3.22. The highest BCUT2D eigenvalue weighted by Crippen LogP contribution is 2.17. The van der Waals surface area contributed by atoms with E-state index in [1.54, 1.807) is 0 Å². The van der Waals surface area contributed by atoms with Crippen LogP contribution in [0.2, 0.25) is 0 Å². The molecular weight excluding hydrogens is 745 g/mol. The molecule has 6 heteroatoms. The summed E-state index contributed by atoms with van der Waals surface area (Å²) >= 11 is 0. The Hall–Kier alpha value is -1.59. The summed E-state index contributed by atoms with van der Waals surface area (Å²) in [6.07, 6.45) is 48.2. The van der Waals surface area contributed by atoms with Gasteiger partial charge in [-0.05, 0) is 31.1 Å². The fourth-order valence-corrected chi connectivity index (χ4v) is 8.17. The number of rotatable bonds is 48. The topological polar surface area (TPSA) is 78.9 Å². The van der Waals surface area contributed by atoms with Gasteiger partial charge in [-0.3, -0.25) is 14.4 Å². The first kappa shape index (κ1) is 58.4. The number of carbonyl (C=O) groups is 3. The van der Waals surface area contributed by atoms with Gasteiger partial charge >= 0.3 is 17.9 Å². The van der Waals surface area contributed by atoms with Crippen molar-refractivity contribution < 1.29 is 28.6 Å². The van der Waals surface area contributed by atoms with Gasteiger partial charge in [-0.1, -0.05) is 259 Å². The Kier molecular flexibility index (Phi) is 45.7. The van der Waals surface area contributed by atoms with Crippen LogP contribution in [0, 0.1) is 11.8 Å². The molecule has 0 aliphatic rings. The Morgan fingerprint density at radius 2 is 0.550 bits per heavy atom. The van der Waals surface area contributed by atoms with E-state index >= 15 is 0 Å². The number of esters is 3. The van der Waals surface area contributed by atoms with Crippen molar-refractivity contribution in [2.24, 2.45) is 11.8 Å². The summed E-state index contributed by atoms with van der Waals surface area (Å²) in [5, 5.41) is 0. The zero-order valence-electron chi connectivity index (χ0n) is 41.1. The summed E-state index contributed by atoms with van der Waals surface area (Å²) in [5.74, 6) is 0.745. The van der Waals surface area contributed by atoms with Crippen LogP contribution in [-0.2, 0) is 28.6 Å². The zero-order chi connectivity index (χ0) is 44.0. The van der Waals surface area contributed by atoms with Crippen molar-refractivity contribution in [1.29, 1.82) is 0 Å². The first-order valence-electron chi connectivity index (χ1n) is 26.7. The third-order valence-corrected chi connectivity index (χ3v) is 12.2. The van der Waals surface area contributed by atoms with Gasteiger partial charge in [-0.25, -0.2) is 0 Å². The van der Waals surface area contributed by atoms with Crippen molar-refractivity contribution >= 4 is 17.9 Å². The minimum Gasteiger partial charge on any atom is -0.462 e. The zero-order valence-corrected chi connectivity index (χ0v) is 41.1. The molecule has 0 aromatic heterocycles. The van der Waals surface area contributed by atoms with Gasteiger partial charge in [-0.2, -0.15) is 0 Å². The lowest BCUT2D eigenvalue weighted by atomic mass is 10.0. The summed E-state index contributed by atoms with van der Waals surface area (Å²) in [6.45, 7) is 11.3. The van der Waals surface area contributed by atoms with Gasteiger partial charge in [0.05, 0.1) is 0 Å². The lowest BCUT2D eigenvalue weighted by Gasteiger charge is -2.18. The van der Waals surface area contributed by atoms with E-state index in [2.05, 4.69) is 34.6 Å². The molecule has 60 heavy (non-hydrogen) atoms. The van der Waals surface area contributed by atoms with Crippen LogP contribution in [0.15, 0.2) is 0 Å². The molecule has 1 atom stereocenters. The molecule has 0 aliphatic carbocycles. The third-order valence-electron chi connectivity index (χ3n) is 12.2. The molecule has 0 saturated heterocycles. The second kappa shape index (κ2) is 46.9. The molecule has 0 heterocycles. The highest BCUT2D eigenvalue weighted by molar-refractivity contribution is 5.71. The number of hydrogen-bond acceptors (Lipinski definition) is 6. The molecule has 0 unspecified atom stereocenters. The van der Waals surface area contributed by atoms with E-state index in [0.717, 1.165) is 69.6 Å². The Morgan fingerprint density at radius 3 is 0.817 bits per heavy atom. The molecule has 0 saturated carbocycles. The average molecular weight is 849 g/mol. The second-order valence-electron chi connectivity index (χ2n) is 19.5. The second-order valence-corrected chi connectivity index (χ2v) is 19.5. The molecule has 0 aliphatic heterocycles. The maximum atomic E-state index is 12.7. The quantitative estimate of drug-likeness (QED) is 0.0345. The molecule has 0 aromatic carbocycles. The molecule has 0 bridgehead atoms. The summed E-state index contributed by atoms with van der Waals surface area (Å²) in [7, 11) is 0. The van der Waals surface area contributed by atoms with Crippen LogP contribution in [0.1, 0.15) is 298 Å². The number of unbranched alkanes of at least 4 members (excludes halogenated alkanes) is 33. The van der Waals surface area contributed by atoms with E-state index < -0.39 is 6.10 Å². The van der Waals surface area contributed by atoms with Gasteiger partial charge in [0.25, 0.3) is 0 Å². The van der Waals surface area contributed by atoms with Crippen LogP contribution >= 0.6 is 0 Å². The minimum absolute atomic E-state index is 0.0644. The Balaban J connectivity index is 4.22. The van der Waals surface area contributed by atoms with Crippen LogP contribution in [0.3, 0.4) is 0 Å². The van der Waals surface area contributed by atoms with Crippen molar-refractivity contribution in [3.63, 3.8) is 0 Å². The maximum absolute atomic E-state index is 12.7. The van der Waals surface area contributed by atoms with Gasteiger partial charge < -0.3 is 14.2 Å². The van der Waals surface area contributed by atoms with E-state index in [1.807, 2.05) is 0 Å². The summed E-state index contributed by atoms with van der Waals surface area (Å²) in [4.78, 5) is 37.9. The number of ether oxygens (including phenoxy) is 3. The Bertz CT molecular complexity index is 916. The molecule has 0 rings (SSSR count). The number of carbonyl (C=O) groups excluding carboxylic acids is 3. The first-order chi connectivity index (χ1) is 29.2. The van der Waals surface area contributed by atoms with Gasteiger partial charge in [0, 0.05) is 19.3 Å². The van der Waals surface area contributed by atoms with E-state index in [0.29, 0.717) is 19.3 Å². The van der Waals surface area contributed by atoms with Crippen LogP contribution in [0.25, 0.3) is 0 Å². The lowest BCUT2D eigenvalue weighted by molar-refractivity contribution is -0.167. The molecular formula is C54H104O6. The monoisotopic (exact) mass is 849 g/mol. The Morgan fingerprint density at radius 1 is 0.317 bits per heavy atom. The van der Waals surface area contributed by atoms with Crippen LogP contribution in [0.4, 0.5) is 0 Å². The van der Waals surface area contributed by atoms with E-state index in [4.69, 9.17) is 14.2 Å². The van der Waals surface area contributed by atoms with Gasteiger partial charge in [-0.15, -0.1) is 0 Å². The largest absolute Gasteiger partial charge is 0.462 e. The van der Waals surface area contributed by atoms with Crippen LogP contribution in [0.5, 0.6) is 0 Å². The predicted molar refractivity (Wildman–Crippen MR) is 256 cm³/mol. The molecule has 0 spiro atoms. The molecule has 0 aromatic rings. The summed E-state index contributed by atoms with van der Waals surface area (Å²) < 4.78 is 16.8. The van der Waals surface area contributed by atoms with Crippen LogP contribution < -0.4 is 0 Å². The summed E-state index contributed by atoms with van der Waals surface area (Å²) in [5.41, 5.74) is 0. The molecule has 0 amide bonds. The Labute approximate surface area is 374 Å². The van der Waals surface area contributed by atoms with Crippen molar-refractivity contribution in [2.75, 3.05) is 13.2 Å². The molecule has 0 fully saturated rings. The normalized spacial score (nSPS) is 12.1. The summed E-state index contributed by atoms with van der Waals surface area (Å²) in [6, 6.07) is 0. The highest BCUT2D eigenvalue weighted by atomic mass is 16.6. The molecule has 0 radical (unpaired) electrons. The van der Waals surface area contributed by atoms with Crippen molar-refractivity contribution in [3.05, 3.63) is 0 Å². The molecule has 356 valence electrons. The van der Waals surface area contributed by atoms with E-state index in [-0.39, 0.29) is 31.1 Å². The standard InChI is InChI=1S/C54H104O6/c1-6-7-8-9-10-11-12-13-14-15-16-17-18-19-20-24-29-34-39-44-52(55)58-47-51(60-54(57)46-41-36-31-26-28-33-38-43-50(4)5)48-59-53(56)45-40-35-30-25-22-21-23-27-32-37-42-49(2)3/h49-51H,6-48H2,1-5H3/t51-/m0/s1. The SMILES string of the molecule is CCCCCCCCCCCCCCCCCCCCCC(=O)OC[C@@H](COC(=O)CCCCCCCCCCCCC(C)C)OC(=O)CCCCCCCCCC(C)C. The first-order valence-corrected chi connectivity index (χ1v) is 26.7. The fraction of sp³-hybridized carbons (Fsp3) is 0.944. The fourth-order valence-electron chi connectivity index (χ4n) is 8.17. The predicted octanol–water partition coefficient (Wildman–Crippen LogP) is 17.3. The maximum Gasteiger partial charge on any atom is 0.306 e. The third kappa shape index (κ3) is 47.5. The lowest BCUT2D eigenvalue weighted by Crippen LogP contribution is -2.30. The minimum atomic E-state index is -0.762. The smallest absolute Gasteiger partial charge is 0.306 e. The van der Waals surface area contributed by atoms with Gasteiger partial charge in [0.15, 0.2) is 6.10 Å². The van der Waals surface area contributed by atoms with E-state index in [1.165, 1.54) is 186 Å². The molecule has 6 nitrogen and oxygen atoms in total. The molecule has 0 N–H and O–H groups in total. The van der Waals surface area contributed by atoms with Gasteiger partial charge in [0.2, 0.25) is 0 Å².